The SMILES string of the molecule is CCC(C[C]=O)N(C(C)(C)C)C(C)(C)C. The molecule has 0 aromatic heterocycles. The van der Waals surface area contributed by atoms with Crippen LogP contribution in [-0.2, 0) is 4.79 Å². The quantitative estimate of drug-likeness (QED) is 0.713. The summed E-state index contributed by atoms with van der Waals surface area (Å²) < 4.78 is 0. The molecule has 89 valence electrons. The van der Waals surface area contributed by atoms with Crippen molar-refractivity contribution in [2.75, 3.05) is 0 Å². The molecular weight excluding hydrogens is 186 g/mol. The van der Waals surface area contributed by atoms with Crippen molar-refractivity contribution in [2.45, 2.75) is 78.4 Å². The van der Waals surface area contributed by atoms with Crippen LogP contribution in [0.2, 0.25) is 0 Å². The highest BCUT2D eigenvalue weighted by molar-refractivity contribution is 5.51. The average molecular weight is 212 g/mol. The van der Waals surface area contributed by atoms with Gasteiger partial charge in [-0.25, -0.2) is 0 Å². The van der Waals surface area contributed by atoms with E-state index in [1.165, 1.54) is 0 Å². The van der Waals surface area contributed by atoms with E-state index < -0.39 is 0 Å². The number of hydrogen-bond donors (Lipinski definition) is 0. The Morgan fingerprint density at radius 2 is 1.47 bits per heavy atom. The van der Waals surface area contributed by atoms with Crippen LogP contribution in [0.1, 0.15) is 61.3 Å². The van der Waals surface area contributed by atoms with Crippen molar-refractivity contribution in [2.24, 2.45) is 0 Å². The lowest BCUT2D eigenvalue weighted by atomic mass is 9.91. The number of hydrogen-bond acceptors (Lipinski definition) is 2. The van der Waals surface area contributed by atoms with E-state index >= 15 is 0 Å². The summed E-state index contributed by atoms with van der Waals surface area (Å²) in [7, 11) is 0. The van der Waals surface area contributed by atoms with Crippen molar-refractivity contribution < 1.29 is 4.79 Å². The predicted octanol–water partition coefficient (Wildman–Crippen LogP) is 3.16. The van der Waals surface area contributed by atoms with Crippen LogP contribution in [0.15, 0.2) is 0 Å². The van der Waals surface area contributed by atoms with E-state index in [-0.39, 0.29) is 11.1 Å². The van der Waals surface area contributed by atoms with Gasteiger partial charge in [-0.2, -0.15) is 0 Å². The van der Waals surface area contributed by atoms with Gasteiger partial charge in [-0.3, -0.25) is 9.69 Å². The van der Waals surface area contributed by atoms with Crippen molar-refractivity contribution in [1.82, 2.24) is 4.90 Å². The minimum Gasteiger partial charge on any atom is -0.291 e. The molecule has 0 bridgehead atoms. The molecule has 1 unspecified atom stereocenters. The first-order valence-corrected chi connectivity index (χ1v) is 5.79. The van der Waals surface area contributed by atoms with Crippen molar-refractivity contribution >= 4 is 6.29 Å². The molecule has 2 heteroatoms. The highest BCUT2D eigenvalue weighted by Gasteiger charge is 2.36. The first-order valence-electron chi connectivity index (χ1n) is 5.79. The van der Waals surface area contributed by atoms with Crippen molar-refractivity contribution in [3.05, 3.63) is 0 Å². The second-order valence-corrected chi connectivity index (χ2v) is 6.12. The summed E-state index contributed by atoms with van der Waals surface area (Å²) in [5.74, 6) is 0. The second-order valence-electron chi connectivity index (χ2n) is 6.12. The van der Waals surface area contributed by atoms with E-state index in [2.05, 4.69) is 59.7 Å². The monoisotopic (exact) mass is 212 g/mol. The Balaban J connectivity index is 5.00. The summed E-state index contributed by atoms with van der Waals surface area (Å²) in [4.78, 5) is 13.0. The minimum atomic E-state index is 0.0791. The Bertz CT molecular complexity index is 184. The van der Waals surface area contributed by atoms with Crippen LogP contribution in [0, 0.1) is 0 Å². The maximum absolute atomic E-state index is 10.6. The summed E-state index contributed by atoms with van der Waals surface area (Å²) in [5, 5.41) is 0. The zero-order valence-corrected chi connectivity index (χ0v) is 11.3. The molecule has 0 aromatic carbocycles. The first kappa shape index (κ1) is 14.6. The molecule has 0 saturated heterocycles. The molecule has 0 N–H and O–H groups in total. The Morgan fingerprint density at radius 3 is 1.67 bits per heavy atom. The van der Waals surface area contributed by atoms with Gasteiger partial charge in [0.1, 0.15) is 0 Å². The van der Waals surface area contributed by atoms with Crippen molar-refractivity contribution in [1.29, 1.82) is 0 Å². The zero-order chi connectivity index (χ0) is 12.3. The summed E-state index contributed by atoms with van der Waals surface area (Å²) in [5.41, 5.74) is 0.158. The highest BCUT2D eigenvalue weighted by atomic mass is 16.1. The van der Waals surface area contributed by atoms with E-state index in [9.17, 15) is 4.79 Å². The van der Waals surface area contributed by atoms with E-state index in [1.807, 2.05) is 0 Å². The molecule has 0 amide bonds. The lowest BCUT2D eigenvalue weighted by molar-refractivity contribution is -0.00453. The van der Waals surface area contributed by atoms with Gasteiger partial charge in [0.25, 0.3) is 0 Å². The van der Waals surface area contributed by atoms with Crippen LogP contribution in [0.25, 0.3) is 0 Å². The Labute approximate surface area is 95.0 Å². The van der Waals surface area contributed by atoms with Crippen LogP contribution in [0.4, 0.5) is 0 Å². The van der Waals surface area contributed by atoms with E-state index in [0.717, 1.165) is 6.42 Å². The molecule has 0 aromatic rings. The van der Waals surface area contributed by atoms with Gasteiger partial charge in [0.15, 0.2) is 6.29 Å². The zero-order valence-electron chi connectivity index (χ0n) is 11.3. The van der Waals surface area contributed by atoms with Gasteiger partial charge in [0.2, 0.25) is 0 Å². The highest BCUT2D eigenvalue weighted by Crippen LogP contribution is 2.29. The number of nitrogens with zero attached hydrogens (tertiary/aromatic N) is 1. The largest absolute Gasteiger partial charge is 0.291 e. The van der Waals surface area contributed by atoms with Crippen LogP contribution >= 0.6 is 0 Å². The normalized spacial score (nSPS) is 15.5. The third-order valence-corrected chi connectivity index (χ3v) is 2.60. The van der Waals surface area contributed by atoms with Gasteiger partial charge in [0, 0.05) is 23.5 Å². The molecule has 2 nitrogen and oxygen atoms in total. The van der Waals surface area contributed by atoms with Crippen molar-refractivity contribution in [3.63, 3.8) is 0 Å². The van der Waals surface area contributed by atoms with Gasteiger partial charge in [-0.1, -0.05) is 6.92 Å². The summed E-state index contributed by atoms with van der Waals surface area (Å²) in [6.45, 7) is 15.3. The van der Waals surface area contributed by atoms with E-state index in [4.69, 9.17) is 0 Å². The standard InChI is InChI=1S/C13H26NO/c1-8-11(9-10-15)14(12(2,3)4)13(5,6)7/h11H,8-9H2,1-7H3. The first-order chi connectivity index (χ1) is 6.64. The van der Waals surface area contributed by atoms with Gasteiger partial charge in [-0.15, -0.1) is 0 Å². The number of carbonyl (C=O) groups excluding carboxylic acids is 1. The van der Waals surface area contributed by atoms with Gasteiger partial charge in [-0.05, 0) is 48.0 Å². The lowest BCUT2D eigenvalue weighted by Crippen LogP contribution is -2.57. The smallest absolute Gasteiger partial charge is 0.200 e. The number of rotatable bonds is 4. The molecule has 0 fully saturated rings. The van der Waals surface area contributed by atoms with Gasteiger partial charge >= 0.3 is 0 Å². The van der Waals surface area contributed by atoms with Crippen molar-refractivity contribution in [3.8, 4) is 0 Å². The third-order valence-electron chi connectivity index (χ3n) is 2.60. The molecule has 0 aliphatic heterocycles. The molecule has 1 radical (unpaired) electrons. The minimum absolute atomic E-state index is 0.0791. The molecule has 0 aliphatic carbocycles. The van der Waals surface area contributed by atoms with Gasteiger partial charge in [0.05, 0.1) is 0 Å². The Hall–Kier alpha value is -0.370. The topological polar surface area (TPSA) is 20.3 Å². The van der Waals surface area contributed by atoms with E-state index in [1.54, 1.807) is 0 Å². The fourth-order valence-corrected chi connectivity index (χ4v) is 2.62. The summed E-state index contributed by atoms with van der Waals surface area (Å²) in [6, 6.07) is 0.294. The predicted molar refractivity (Wildman–Crippen MR) is 65.7 cm³/mol. The molecule has 0 saturated carbocycles. The molecule has 1 atom stereocenters. The fourth-order valence-electron chi connectivity index (χ4n) is 2.62. The van der Waals surface area contributed by atoms with Crippen LogP contribution in [0.5, 0.6) is 0 Å². The van der Waals surface area contributed by atoms with Crippen LogP contribution in [0.3, 0.4) is 0 Å². The maximum Gasteiger partial charge on any atom is 0.200 e. The van der Waals surface area contributed by atoms with Gasteiger partial charge < -0.3 is 0 Å². The molecule has 0 aliphatic rings. The van der Waals surface area contributed by atoms with E-state index in [0.29, 0.717) is 12.5 Å². The van der Waals surface area contributed by atoms with Crippen LogP contribution < -0.4 is 0 Å². The molecule has 0 spiro atoms. The Morgan fingerprint density at radius 1 is 1.07 bits per heavy atom. The molecule has 15 heavy (non-hydrogen) atoms. The maximum atomic E-state index is 10.6. The second kappa shape index (κ2) is 5.11. The molecular formula is C13H26NO. The Kier molecular flexibility index (Phi) is 4.98. The molecule has 0 heterocycles. The summed E-state index contributed by atoms with van der Waals surface area (Å²) in [6.07, 6.45) is 3.55. The lowest BCUT2D eigenvalue weighted by Gasteiger charge is -2.49. The summed E-state index contributed by atoms with van der Waals surface area (Å²) >= 11 is 0. The fraction of sp³-hybridized carbons (Fsp3) is 0.923. The molecule has 0 rings (SSSR count). The average Bonchev–Trinajstić information content (AvgIpc) is 1.98. The third kappa shape index (κ3) is 4.33. The van der Waals surface area contributed by atoms with Crippen LogP contribution in [-0.4, -0.2) is 28.3 Å².